The summed E-state index contributed by atoms with van der Waals surface area (Å²) >= 11 is 0. The predicted molar refractivity (Wildman–Crippen MR) is 109 cm³/mol. The van der Waals surface area contributed by atoms with Crippen molar-refractivity contribution in [2.75, 3.05) is 0 Å². The number of hydrogen-bond acceptors (Lipinski definition) is 3. The second-order valence-electron chi connectivity index (χ2n) is 6.67. The van der Waals surface area contributed by atoms with Crippen molar-refractivity contribution in [3.8, 4) is 11.8 Å². The van der Waals surface area contributed by atoms with Gasteiger partial charge >= 0.3 is 5.97 Å². The van der Waals surface area contributed by atoms with Crippen LogP contribution in [0.3, 0.4) is 0 Å². The number of esters is 1. The summed E-state index contributed by atoms with van der Waals surface area (Å²) in [6.45, 7) is 4.16. The Hall–Kier alpha value is -2.86. The maximum absolute atomic E-state index is 12.3. The summed E-state index contributed by atoms with van der Waals surface area (Å²) in [7, 11) is 0. The Kier molecular flexibility index (Phi) is 7.82. The Morgan fingerprint density at radius 1 is 1.07 bits per heavy atom. The highest BCUT2D eigenvalue weighted by atomic mass is 16.5. The topological polar surface area (TPSA) is 50.1 Å². The van der Waals surface area contributed by atoms with Crippen LogP contribution in [-0.4, -0.2) is 5.97 Å². The van der Waals surface area contributed by atoms with Crippen molar-refractivity contribution >= 4 is 12.0 Å². The van der Waals surface area contributed by atoms with Crippen molar-refractivity contribution in [2.45, 2.75) is 51.4 Å². The van der Waals surface area contributed by atoms with E-state index in [4.69, 9.17) is 4.74 Å². The molecule has 0 fully saturated rings. The molecular weight excluding hydrogens is 334 g/mol. The third kappa shape index (κ3) is 5.56. The zero-order valence-corrected chi connectivity index (χ0v) is 16.2. The van der Waals surface area contributed by atoms with E-state index in [1.807, 2.05) is 55.5 Å². The van der Waals surface area contributed by atoms with Gasteiger partial charge in [0.2, 0.25) is 0 Å². The van der Waals surface area contributed by atoms with Gasteiger partial charge in [0.1, 0.15) is 5.75 Å². The van der Waals surface area contributed by atoms with Gasteiger partial charge in [-0.1, -0.05) is 81.6 Å². The van der Waals surface area contributed by atoms with E-state index in [1.54, 1.807) is 12.1 Å². The van der Waals surface area contributed by atoms with Gasteiger partial charge in [0, 0.05) is 11.6 Å². The molecule has 0 aliphatic carbocycles. The van der Waals surface area contributed by atoms with Crippen LogP contribution in [0.1, 0.15) is 57.1 Å². The summed E-state index contributed by atoms with van der Waals surface area (Å²) in [6.07, 6.45) is 7.77. The van der Waals surface area contributed by atoms with Crippen molar-refractivity contribution in [3.05, 3.63) is 71.8 Å². The second kappa shape index (κ2) is 10.3. The Morgan fingerprint density at radius 3 is 2.44 bits per heavy atom. The fourth-order valence-corrected chi connectivity index (χ4v) is 3.20. The van der Waals surface area contributed by atoms with Crippen LogP contribution >= 0.6 is 0 Å². The van der Waals surface area contributed by atoms with E-state index in [1.165, 1.54) is 6.08 Å². The van der Waals surface area contributed by atoms with Crippen LogP contribution in [0.2, 0.25) is 0 Å². The van der Waals surface area contributed by atoms with Crippen molar-refractivity contribution in [1.29, 1.82) is 5.26 Å². The number of rotatable bonds is 9. The zero-order valence-electron chi connectivity index (χ0n) is 16.2. The molecule has 2 aromatic carbocycles. The molecule has 0 aliphatic heterocycles. The van der Waals surface area contributed by atoms with Gasteiger partial charge in [-0.25, -0.2) is 4.79 Å². The number of unbranched alkanes of at least 4 members (excludes halogenated alkanes) is 2. The Bertz CT molecular complexity index is 805. The molecule has 0 spiro atoms. The van der Waals surface area contributed by atoms with E-state index in [-0.39, 0.29) is 0 Å². The SMILES string of the molecule is CCCCCC(C#N)(CC)c1ccccc1OC(=O)C=Cc1ccccc1. The molecule has 0 heterocycles. The largest absolute Gasteiger partial charge is 0.423 e. The third-order valence-electron chi connectivity index (χ3n) is 4.85. The van der Waals surface area contributed by atoms with E-state index >= 15 is 0 Å². The molecule has 1 atom stereocenters. The minimum absolute atomic E-state index is 0.442. The van der Waals surface area contributed by atoms with Crippen molar-refractivity contribution in [2.24, 2.45) is 0 Å². The monoisotopic (exact) mass is 361 g/mol. The van der Waals surface area contributed by atoms with Crippen LogP contribution < -0.4 is 4.74 Å². The average Bonchev–Trinajstić information content (AvgIpc) is 2.71. The van der Waals surface area contributed by atoms with Gasteiger partial charge in [0.05, 0.1) is 11.5 Å². The highest BCUT2D eigenvalue weighted by Gasteiger charge is 2.33. The van der Waals surface area contributed by atoms with Crippen LogP contribution in [0.25, 0.3) is 6.08 Å². The van der Waals surface area contributed by atoms with Gasteiger partial charge in [0.25, 0.3) is 0 Å². The summed E-state index contributed by atoms with van der Waals surface area (Å²) in [5.41, 5.74) is 1.10. The van der Waals surface area contributed by atoms with Crippen LogP contribution in [-0.2, 0) is 10.2 Å². The lowest BCUT2D eigenvalue weighted by Crippen LogP contribution is -2.24. The minimum atomic E-state index is -0.630. The molecule has 0 aromatic heterocycles. The molecule has 27 heavy (non-hydrogen) atoms. The fourth-order valence-electron chi connectivity index (χ4n) is 3.20. The lowest BCUT2D eigenvalue weighted by atomic mass is 9.75. The molecule has 3 nitrogen and oxygen atoms in total. The zero-order chi connectivity index (χ0) is 19.5. The van der Waals surface area contributed by atoms with Crippen molar-refractivity contribution < 1.29 is 9.53 Å². The van der Waals surface area contributed by atoms with Crippen molar-refractivity contribution in [1.82, 2.24) is 0 Å². The van der Waals surface area contributed by atoms with Gasteiger partial charge < -0.3 is 4.74 Å². The average molecular weight is 361 g/mol. The first-order valence-electron chi connectivity index (χ1n) is 9.61. The Balaban J connectivity index is 2.22. The van der Waals surface area contributed by atoms with Crippen LogP contribution in [0.4, 0.5) is 0 Å². The molecule has 3 heteroatoms. The van der Waals surface area contributed by atoms with E-state index in [9.17, 15) is 10.1 Å². The number of carbonyl (C=O) groups excluding carboxylic acids is 1. The highest BCUT2D eigenvalue weighted by Crippen LogP contribution is 2.38. The van der Waals surface area contributed by atoms with Gasteiger partial charge in [-0.15, -0.1) is 0 Å². The van der Waals surface area contributed by atoms with Gasteiger partial charge in [-0.05, 0) is 30.5 Å². The highest BCUT2D eigenvalue weighted by molar-refractivity contribution is 5.88. The Labute approximate surface area is 162 Å². The number of hydrogen-bond donors (Lipinski definition) is 0. The summed E-state index contributed by atoms with van der Waals surface area (Å²) in [5, 5.41) is 9.94. The summed E-state index contributed by atoms with van der Waals surface area (Å²) < 4.78 is 5.61. The smallest absolute Gasteiger partial charge is 0.336 e. The normalized spacial score (nSPS) is 13.1. The predicted octanol–water partition coefficient (Wildman–Crippen LogP) is 6.06. The summed E-state index contributed by atoms with van der Waals surface area (Å²) in [6, 6.07) is 19.5. The van der Waals surface area contributed by atoms with E-state index in [2.05, 4.69) is 13.0 Å². The minimum Gasteiger partial charge on any atom is -0.423 e. The quantitative estimate of drug-likeness (QED) is 0.236. The molecule has 140 valence electrons. The molecule has 0 bridgehead atoms. The van der Waals surface area contributed by atoms with Crippen molar-refractivity contribution in [3.63, 3.8) is 0 Å². The number of nitrogens with zero attached hydrogens (tertiary/aromatic N) is 1. The summed E-state index contributed by atoms with van der Waals surface area (Å²) in [5.74, 6) is 0.0305. The molecule has 2 rings (SSSR count). The molecule has 1 unspecified atom stereocenters. The molecule has 0 N–H and O–H groups in total. The molecule has 2 aromatic rings. The molecule has 0 aliphatic rings. The lowest BCUT2D eigenvalue weighted by molar-refractivity contribution is -0.129. The Morgan fingerprint density at radius 2 is 1.78 bits per heavy atom. The third-order valence-corrected chi connectivity index (χ3v) is 4.85. The number of carbonyl (C=O) groups is 1. The number of para-hydroxylation sites is 1. The molecule has 0 saturated heterocycles. The van der Waals surface area contributed by atoms with Crippen LogP contribution in [0.15, 0.2) is 60.7 Å². The summed E-state index contributed by atoms with van der Waals surface area (Å²) in [4.78, 5) is 12.3. The molecule has 0 saturated carbocycles. The van der Waals surface area contributed by atoms with Gasteiger partial charge in [0.15, 0.2) is 0 Å². The number of nitriles is 1. The van der Waals surface area contributed by atoms with Crippen LogP contribution in [0.5, 0.6) is 5.75 Å². The van der Waals surface area contributed by atoms with E-state index < -0.39 is 11.4 Å². The maximum atomic E-state index is 12.3. The van der Waals surface area contributed by atoms with E-state index in [0.29, 0.717) is 12.2 Å². The first-order valence-corrected chi connectivity index (χ1v) is 9.61. The number of benzene rings is 2. The first-order chi connectivity index (χ1) is 13.1. The molecule has 0 amide bonds. The lowest BCUT2D eigenvalue weighted by Gasteiger charge is -2.27. The fraction of sp³-hybridized carbons (Fsp3) is 0.333. The second-order valence-corrected chi connectivity index (χ2v) is 6.67. The van der Waals surface area contributed by atoms with Gasteiger partial charge in [-0.2, -0.15) is 5.26 Å². The van der Waals surface area contributed by atoms with Crippen LogP contribution in [0, 0.1) is 11.3 Å². The van der Waals surface area contributed by atoms with Gasteiger partial charge in [-0.3, -0.25) is 0 Å². The first kappa shape index (κ1) is 20.5. The maximum Gasteiger partial charge on any atom is 0.336 e. The van der Waals surface area contributed by atoms with E-state index in [0.717, 1.165) is 36.8 Å². The molecular formula is C24H27NO2. The molecule has 0 radical (unpaired) electrons. The number of ether oxygens (including phenoxy) is 1. The standard InChI is InChI=1S/C24H27NO2/c1-3-5-11-18-24(4-2,19-25)21-14-9-10-15-22(21)27-23(26)17-16-20-12-7-6-8-13-20/h6-10,12-17H,3-5,11,18H2,1-2H3.